The number of aromatic nitrogens is 1. The van der Waals surface area contributed by atoms with Gasteiger partial charge in [-0.2, -0.15) is 13.2 Å². The first-order valence-corrected chi connectivity index (χ1v) is 5.39. The Morgan fingerprint density at radius 3 is 2.61 bits per heavy atom. The number of aromatic carboxylic acids is 1. The summed E-state index contributed by atoms with van der Waals surface area (Å²) in [6.07, 6.45) is 0.161. The van der Waals surface area contributed by atoms with Crippen molar-refractivity contribution in [2.45, 2.75) is 25.4 Å². The molecule has 0 amide bonds. The molecular formula is C12H10F3NO2. The largest absolute Gasteiger partial charge is 0.478 e. The minimum Gasteiger partial charge on any atom is -0.478 e. The molecule has 0 saturated heterocycles. The fourth-order valence-corrected chi connectivity index (χ4v) is 1.94. The molecule has 1 N–H and O–H groups in total. The predicted molar refractivity (Wildman–Crippen MR) is 58.0 cm³/mol. The zero-order chi connectivity index (χ0) is 13.3. The highest BCUT2D eigenvalue weighted by Gasteiger charge is 2.36. The first-order valence-electron chi connectivity index (χ1n) is 5.39. The van der Waals surface area contributed by atoms with Gasteiger partial charge < -0.3 is 5.11 Å². The molecule has 3 nitrogen and oxygen atoms in total. The second kappa shape index (κ2) is 4.44. The van der Waals surface area contributed by atoms with Crippen LogP contribution in [0.15, 0.2) is 18.3 Å². The molecule has 0 unspecified atom stereocenters. The second-order valence-corrected chi connectivity index (χ2v) is 4.04. The fraction of sp³-hybridized carbons (Fsp3) is 0.333. The average Bonchev–Trinajstić information content (AvgIpc) is 2.80. The number of allylic oxidation sites excluding steroid dienone is 2. The van der Waals surface area contributed by atoms with E-state index >= 15 is 0 Å². The number of carboxylic acids is 1. The summed E-state index contributed by atoms with van der Waals surface area (Å²) in [6.45, 7) is 0. The molecule has 1 aliphatic carbocycles. The monoisotopic (exact) mass is 257 g/mol. The van der Waals surface area contributed by atoms with E-state index in [1.165, 1.54) is 0 Å². The lowest BCUT2D eigenvalue weighted by Crippen LogP contribution is -2.12. The summed E-state index contributed by atoms with van der Waals surface area (Å²) in [6, 6.07) is 0.643. The molecule has 2 rings (SSSR count). The summed E-state index contributed by atoms with van der Waals surface area (Å²) in [5, 5.41) is 8.71. The van der Waals surface area contributed by atoms with Crippen molar-refractivity contribution in [1.29, 1.82) is 0 Å². The van der Waals surface area contributed by atoms with Gasteiger partial charge in [0.05, 0.1) is 16.8 Å². The van der Waals surface area contributed by atoms with Crippen molar-refractivity contribution in [3.05, 3.63) is 35.2 Å². The van der Waals surface area contributed by atoms with Crippen molar-refractivity contribution in [1.82, 2.24) is 4.98 Å². The van der Waals surface area contributed by atoms with Crippen LogP contribution in [0.3, 0.4) is 0 Å². The predicted octanol–water partition coefficient (Wildman–Crippen LogP) is 3.37. The van der Waals surface area contributed by atoms with Crippen LogP contribution in [-0.2, 0) is 6.18 Å². The molecular weight excluding hydrogens is 247 g/mol. The number of halogens is 3. The van der Waals surface area contributed by atoms with Crippen LogP contribution < -0.4 is 0 Å². The van der Waals surface area contributed by atoms with Crippen LogP contribution in [0.2, 0.25) is 0 Å². The van der Waals surface area contributed by atoms with E-state index in [0.29, 0.717) is 18.1 Å². The van der Waals surface area contributed by atoms with Crippen LogP contribution in [0.1, 0.15) is 40.9 Å². The molecule has 1 heterocycles. The Hall–Kier alpha value is -1.85. The minimum atomic E-state index is -4.60. The van der Waals surface area contributed by atoms with Crippen molar-refractivity contribution in [3.8, 4) is 0 Å². The van der Waals surface area contributed by atoms with Gasteiger partial charge in [-0.15, -0.1) is 0 Å². The van der Waals surface area contributed by atoms with E-state index in [9.17, 15) is 18.0 Å². The van der Waals surface area contributed by atoms with Crippen molar-refractivity contribution in [3.63, 3.8) is 0 Å². The molecule has 0 bridgehead atoms. The zero-order valence-electron chi connectivity index (χ0n) is 9.29. The maximum atomic E-state index is 12.9. The van der Waals surface area contributed by atoms with Crippen LogP contribution in [0.25, 0.3) is 5.57 Å². The number of alkyl halides is 3. The third kappa shape index (κ3) is 2.37. The summed E-state index contributed by atoms with van der Waals surface area (Å²) in [4.78, 5) is 14.4. The van der Waals surface area contributed by atoms with Crippen molar-refractivity contribution < 1.29 is 23.1 Å². The molecule has 6 heteroatoms. The molecule has 0 aliphatic heterocycles. The first kappa shape index (κ1) is 12.6. The highest BCUT2D eigenvalue weighted by molar-refractivity contribution is 5.88. The van der Waals surface area contributed by atoms with Crippen molar-refractivity contribution in [2.24, 2.45) is 0 Å². The standard InChI is InChI=1S/C12H10F3NO2/c13-12(14,15)9-5-8(11(17)18)6-16-10(9)7-3-1-2-4-7/h3,5-6H,1-2,4H2,(H,17,18). The SMILES string of the molecule is O=C(O)c1cnc(C2=CCCC2)c(C(F)(F)F)c1. The molecule has 18 heavy (non-hydrogen) atoms. The van der Waals surface area contributed by atoms with Gasteiger partial charge in [0.15, 0.2) is 0 Å². The van der Waals surface area contributed by atoms with Gasteiger partial charge in [-0.25, -0.2) is 4.79 Å². The molecule has 1 aromatic heterocycles. The lowest BCUT2D eigenvalue weighted by atomic mass is 10.0. The highest BCUT2D eigenvalue weighted by atomic mass is 19.4. The topological polar surface area (TPSA) is 50.2 Å². The van der Waals surface area contributed by atoms with Crippen molar-refractivity contribution >= 4 is 11.5 Å². The van der Waals surface area contributed by atoms with Gasteiger partial charge in [0.1, 0.15) is 0 Å². The Morgan fingerprint density at radius 1 is 1.39 bits per heavy atom. The number of hydrogen-bond donors (Lipinski definition) is 1. The molecule has 1 aromatic rings. The molecule has 0 atom stereocenters. The zero-order valence-corrected chi connectivity index (χ0v) is 9.29. The number of nitrogens with zero attached hydrogens (tertiary/aromatic N) is 1. The second-order valence-electron chi connectivity index (χ2n) is 4.04. The summed E-state index contributed by atoms with van der Waals surface area (Å²) in [5.41, 5.74) is -1.04. The molecule has 0 aromatic carbocycles. The van der Waals surface area contributed by atoms with Gasteiger partial charge >= 0.3 is 12.1 Å². The van der Waals surface area contributed by atoms with Gasteiger partial charge in [0, 0.05) is 6.20 Å². The Morgan fingerprint density at radius 2 is 2.11 bits per heavy atom. The van der Waals surface area contributed by atoms with E-state index in [4.69, 9.17) is 5.11 Å². The van der Waals surface area contributed by atoms with Crippen molar-refractivity contribution in [2.75, 3.05) is 0 Å². The molecule has 0 spiro atoms. The number of rotatable bonds is 2. The van der Waals surface area contributed by atoms with Gasteiger partial charge in [-0.1, -0.05) is 6.08 Å². The van der Waals surface area contributed by atoms with Crippen LogP contribution in [0, 0.1) is 0 Å². The van der Waals surface area contributed by atoms with Crippen LogP contribution in [-0.4, -0.2) is 16.1 Å². The first-order chi connectivity index (χ1) is 8.39. The number of pyridine rings is 1. The highest BCUT2D eigenvalue weighted by Crippen LogP contribution is 2.37. The molecule has 0 radical (unpaired) electrons. The third-order valence-electron chi connectivity index (χ3n) is 2.79. The molecule has 0 saturated carbocycles. The Kier molecular flexibility index (Phi) is 3.11. The smallest absolute Gasteiger partial charge is 0.418 e. The van der Waals surface area contributed by atoms with Gasteiger partial charge in [-0.05, 0) is 30.9 Å². The summed E-state index contributed by atoms with van der Waals surface area (Å²) in [7, 11) is 0. The Labute approximate surface area is 101 Å². The van der Waals surface area contributed by atoms with E-state index < -0.39 is 23.3 Å². The molecule has 0 fully saturated rings. The third-order valence-corrected chi connectivity index (χ3v) is 2.79. The molecule has 96 valence electrons. The normalized spacial score (nSPS) is 15.6. The summed E-state index contributed by atoms with van der Waals surface area (Å²) in [5.74, 6) is -1.42. The average molecular weight is 257 g/mol. The Balaban J connectivity index is 2.55. The number of hydrogen-bond acceptors (Lipinski definition) is 2. The van der Waals surface area contributed by atoms with E-state index in [1.807, 2.05) is 0 Å². The molecule has 1 aliphatic rings. The van der Waals surface area contributed by atoms with Gasteiger partial charge in [-0.3, -0.25) is 4.98 Å². The van der Waals surface area contributed by atoms with Crippen LogP contribution >= 0.6 is 0 Å². The van der Waals surface area contributed by atoms with E-state index in [1.54, 1.807) is 6.08 Å². The van der Waals surface area contributed by atoms with Crippen LogP contribution in [0.5, 0.6) is 0 Å². The van der Waals surface area contributed by atoms with Gasteiger partial charge in [0.2, 0.25) is 0 Å². The van der Waals surface area contributed by atoms with E-state index in [-0.39, 0.29) is 5.69 Å². The van der Waals surface area contributed by atoms with Crippen LogP contribution in [0.4, 0.5) is 13.2 Å². The fourth-order valence-electron chi connectivity index (χ4n) is 1.94. The van der Waals surface area contributed by atoms with E-state index in [2.05, 4.69) is 4.98 Å². The lowest BCUT2D eigenvalue weighted by molar-refractivity contribution is -0.138. The number of carboxylic acid groups (broad SMARTS) is 1. The summed E-state index contributed by atoms with van der Waals surface area (Å²) < 4.78 is 38.7. The quantitative estimate of drug-likeness (QED) is 0.883. The number of carbonyl (C=O) groups is 1. The van der Waals surface area contributed by atoms with E-state index in [0.717, 1.165) is 19.0 Å². The summed E-state index contributed by atoms with van der Waals surface area (Å²) >= 11 is 0. The Bertz CT molecular complexity index is 521. The van der Waals surface area contributed by atoms with Gasteiger partial charge in [0.25, 0.3) is 0 Å². The lowest BCUT2D eigenvalue weighted by Gasteiger charge is -2.13. The maximum absolute atomic E-state index is 12.9. The minimum absolute atomic E-state index is 0.148. The maximum Gasteiger partial charge on any atom is 0.418 e.